The fourth-order valence-electron chi connectivity index (χ4n) is 2.46. The molecule has 1 aromatic carbocycles. The molecule has 5 heteroatoms. The second kappa shape index (κ2) is 8.34. The van der Waals surface area contributed by atoms with E-state index in [1.807, 2.05) is 25.1 Å². The van der Waals surface area contributed by atoms with Crippen molar-refractivity contribution in [1.29, 1.82) is 0 Å². The van der Waals surface area contributed by atoms with Gasteiger partial charge in [-0.3, -0.25) is 4.79 Å². The number of ether oxygens (including phenoxy) is 1. The molecule has 0 aliphatic heterocycles. The van der Waals surface area contributed by atoms with Gasteiger partial charge in [0.05, 0.1) is 0 Å². The van der Waals surface area contributed by atoms with Crippen LogP contribution >= 0.6 is 0 Å². The van der Waals surface area contributed by atoms with Gasteiger partial charge in [0.25, 0.3) is 5.91 Å². The Morgan fingerprint density at radius 2 is 1.92 bits per heavy atom. The van der Waals surface area contributed by atoms with Crippen molar-refractivity contribution in [2.24, 2.45) is 0 Å². The van der Waals surface area contributed by atoms with Crippen LogP contribution in [0.3, 0.4) is 0 Å². The van der Waals surface area contributed by atoms with Crippen molar-refractivity contribution >= 4 is 11.9 Å². The smallest absolute Gasteiger partial charge is 0.342 e. The van der Waals surface area contributed by atoms with Gasteiger partial charge in [0.1, 0.15) is 17.1 Å². The molecule has 0 aliphatic carbocycles. The van der Waals surface area contributed by atoms with Crippen molar-refractivity contribution in [3.8, 4) is 0 Å². The Balaban J connectivity index is 1.72. The molecule has 2 rings (SSSR count). The molecule has 0 radical (unpaired) electrons. The van der Waals surface area contributed by atoms with Crippen molar-refractivity contribution in [2.75, 3.05) is 6.61 Å². The monoisotopic (exact) mass is 329 g/mol. The fraction of sp³-hybridized carbons (Fsp3) is 0.368. The van der Waals surface area contributed by atoms with Gasteiger partial charge in [-0.15, -0.1) is 0 Å². The SMILES string of the molecule is Cc1cc(C(=O)OCC(=O)N[C@@H](C)CCc2ccccc2)c(C)o1. The molecule has 0 unspecified atom stereocenters. The van der Waals surface area contributed by atoms with E-state index in [0.29, 0.717) is 17.1 Å². The number of furan rings is 1. The zero-order valence-corrected chi connectivity index (χ0v) is 14.3. The number of carbonyl (C=O) groups excluding carboxylic acids is 2. The predicted octanol–water partition coefficient (Wildman–Crippen LogP) is 3.19. The summed E-state index contributed by atoms with van der Waals surface area (Å²) in [4.78, 5) is 23.8. The summed E-state index contributed by atoms with van der Waals surface area (Å²) >= 11 is 0. The van der Waals surface area contributed by atoms with Crippen molar-refractivity contribution in [2.45, 2.75) is 39.7 Å². The number of hydrogen-bond donors (Lipinski definition) is 1. The second-order valence-corrected chi connectivity index (χ2v) is 5.90. The Kier molecular flexibility index (Phi) is 6.18. The van der Waals surface area contributed by atoms with E-state index in [4.69, 9.17) is 9.15 Å². The van der Waals surface area contributed by atoms with E-state index in [1.54, 1.807) is 19.9 Å². The number of nitrogens with one attached hydrogen (secondary N) is 1. The van der Waals surface area contributed by atoms with Crippen molar-refractivity contribution in [3.63, 3.8) is 0 Å². The van der Waals surface area contributed by atoms with E-state index in [1.165, 1.54) is 5.56 Å². The van der Waals surface area contributed by atoms with Gasteiger partial charge in [-0.25, -0.2) is 4.79 Å². The summed E-state index contributed by atoms with van der Waals surface area (Å²) in [6.07, 6.45) is 1.71. The van der Waals surface area contributed by atoms with Crippen LogP contribution in [0.2, 0.25) is 0 Å². The zero-order chi connectivity index (χ0) is 17.5. The molecular weight excluding hydrogens is 306 g/mol. The Labute approximate surface area is 142 Å². The summed E-state index contributed by atoms with van der Waals surface area (Å²) in [5, 5.41) is 2.84. The summed E-state index contributed by atoms with van der Waals surface area (Å²) in [6, 6.07) is 11.7. The average molecular weight is 329 g/mol. The molecule has 0 spiro atoms. The molecule has 0 aliphatic rings. The van der Waals surface area contributed by atoms with E-state index >= 15 is 0 Å². The lowest BCUT2D eigenvalue weighted by Crippen LogP contribution is -2.36. The number of esters is 1. The first-order chi connectivity index (χ1) is 11.5. The molecule has 5 nitrogen and oxygen atoms in total. The number of aryl methyl sites for hydroxylation is 3. The largest absolute Gasteiger partial charge is 0.466 e. The van der Waals surface area contributed by atoms with Crippen LogP contribution in [0, 0.1) is 13.8 Å². The lowest BCUT2D eigenvalue weighted by molar-refractivity contribution is -0.124. The van der Waals surface area contributed by atoms with Gasteiger partial charge in [0.15, 0.2) is 6.61 Å². The first kappa shape index (κ1) is 17.8. The molecule has 0 saturated heterocycles. The van der Waals surface area contributed by atoms with Gasteiger partial charge in [-0.05, 0) is 45.2 Å². The number of benzene rings is 1. The van der Waals surface area contributed by atoms with Crippen LogP contribution < -0.4 is 5.32 Å². The van der Waals surface area contributed by atoms with Crippen LogP contribution in [0.25, 0.3) is 0 Å². The van der Waals surface area contributed by atoms with Gasteiger partial charge in [0.2, 0.25) is 0 Å². The normalized spacial score (nSPS) is 11.8. The van der Waals surface area contributed by atoms with Gasteiger partial charge >= 0.3 is 5.97 Å². The molecule has 1 aromatic heterocycles. The van der Waals surface area contributed by atoms with Crippen LogP contribution in [-0.2, 0) is 16.0 Å². The van der Waals surface area contributed by atoms with E-state index < -0.39 is 5.97 Å². The average Bonchev–Trinajstić information content (AvgIpc) is 2.90. The molecule has 1 heterocycles. The van der Waals surface area contributed by atoms with Gasteiger partial charge in [-0.2, -0.15) is 0 Å². The topological polar surface area (TPSA) is 68.5 Å². The van der Waals surface area contributed by atoms with Crippen molar-refractivity contribution in [1.82, 2.24) is 5.32 Å². The first-order valence-corrected chi connectivity index (χ1v) is 8.03. The van der Waals surface area contributed by atoms with E-state index in [9.17, 15) is 9.59 Å². The van der Waals surface area contributed by atoms with Crippen LogP contribution in [0.4, 0.5) is 0 Å². The Morgan fingerprint density at radius 3 is 2.54 bits per heavy atom. The third-order valence-electron chi connectivity index (χ3n) is 3.71. The number of rotatable bonds is 7. The maximum absolute atomic E-state index is 11.9. The molecule has 1 amide bonds. The van der Waals surface area contributed by atoms with Gasteiger partial charge < -0.3 is 14.5 Å². The summed E-state index contributed by atoms with van der Waals surface area (Å²) in [5.74, 6) is 0.283. The van der Waals surface area contributed by atoms with Crippen LogP contribution in [0.5, 0.6) is 0 Å². The zero-order valence-electron chi connectivity index (χ0n) is 14.3. The molecule has 0 bridgehead atoms. The van der Waals surface area contributed by atoms with E-state index in [2.05, 4.69) is 17.4 Å². The second-order valence-electron chi connectivity index (χ2n) is 5.90. The maximum Gasteiger partial charge on any atom is 0.342 e. The summed E-state index contributed by atoms with van der Waals surface area (Å²) in [7, 11) is 0. The third kappa shape index (κ3) is 5.26. The minimum absolute atomic E-state index is 0.00862. The molecular formula is C19H23NO4. The van der Waals surface area contributed by atoms with Crippen molar-refractivity contribution in [3.05, 3.63) is 59.0 Å². The molecule has 1 N–H and O–H groups in total. The summed E-state index contributed by atoms with van der Waals surface area (Å²) in [5.41, 5.74) is 1.59. The molecule has 24 heavy (non-hydrogen) atoms. The minimum Gasteiger partial charge on any atom is -0.466 e. The molecule has 128 valence electrons. The minimum atomic E-state index is -0.545. The van der Waals surface area contributed by atoms with Crippen LogP contribution in [-0.4, -0.2) is 24.5 Å². The fourth-order valence-corrected chi connectivity index (χ4v) is 2.46. The third-order valence-corrected chi connectivity index (χ3v) is 3.71. The molecule has 0 fully saturated rings. The highest BCUT2D eigenvalue weighted by Gasteiger charge is 2.17. The number of hydrogen-bond acceptors (Lipinski definition) is 4. The highest BCUT2D eigenvalue weighted by Crippen LogP contribution is 2.14. The number of amides is 1. The van der Waals surface area contributed by atoms with Crippen molar-refractivity contribution < 1.29 is 18.7 Å². The lowest BCUT2D eigenvalue weighted by Gasteiger charge is -2.14. The van der Waals surface area contributed by atoms with Crippen LogP contribution in [0.1, 0.15) is 40.8 Å². The molecule has 1 atom stereocenters. The Hall–Kier alpha value is -2.56. The van der Waals surface area contributed by atoms with E-state index in [0.717, 1.165) is 12.8 Å². The quantitative estimate of drug-likeness (QED) is 0.792. The van der Waals surface area contributed by atoms with Gasteiger partial charge in [0, 0.05) is 6.04 Å². The highest BCUT2D eigenvalue weighted by atomic mass is 16.5. The summed E-state index contributed by atoms with van der Waals surface area (Å²) < 4.78 is 10.3. The maximum atomic E-state index is 11.9. The van der Waals surface area contributed by atoms with E-state index in [-0.39, 0.29) is 18.6 Å². The molecule has 2 aromatic rings. The standard InChI is InChI=1S/C19H23NO4/c1-13(9-10-16-7-5-4-6-8-16)20-18(21)12-23-19(22)17-11-14(2)24-15(17)3/h4-8,11,13H,9-10,12H2,1-3H3,(H,20,21)/t13-/m0/s1. The number of carbonyl (C=O) groups is 2. The van der Waals surface area contributed by atoms with Crippen LogP contribution in [0.15, 0.2) is 40.8 Å². The first-order valence-electron chi connectivity index (χ1n) is 8.03. The lowest BCUT2D eigenvalue weighted by atomic mass is 10.1. The molecule has 0 saturated carbocycles. The highest BCUT2D eigenvalue weighted by molar-refractivity contribution is 5.92. The summed E-state index contributed by atoms with van der Waals surface area (Å²) in [6.45, 7) is 5.09. The predicted molar refractivity (Wildman–Crippen MR) is 90.8 cm³/mol. The Morgan fingerprint density at radius 1 is 1.21 bits per heavy atom. The van der Waals surface area contributed by atoms with Gasteiger partial charge in [-0.1, -0.05) is 30.3 Å². The Bertz CT molecular complexity index is 691.